The predicted octanol–water partition coefficient (Wildman–Crippen LogP) is 3.20. The van der Waals surface area contributed by atoms with E-state index >= 15 is 0 Å². The maximum Gasteiger partial charge on any atom is -0.00463 e. The molecule has 0 aromatic carbocycles. The third-order valence-corrected chi connectivity index (χ3v) is 3.60. The minimum atomic E-state index is 0.995. The average molecular weight is 183 g/mol. The predicted molar refractivity (Wildman–Crippen MR) is 58.9 cm³/mol. The van der Waals surface area contributed by atoms with E-state index in [2.05, 4.69) is 19.2 Å². The van der Waals surface area contributed by atoms with Crippen molar-refractivity contribution in [2.24, 2.45) is 11.8 Å². The van der Waals surface area contributed by atoms with Crippen molar-refractivity contribution in [3.8, 4) is 0 Å². The molecule has 0 aromatic heterocycles. The lowest BCUT2D eigenvalue weighted by atomic mass is 9.88. The van der Waals surface area contributed by atoms with Gasteiger partial charge < -0.3 is 5.32 Å². The molecule has 0 aromatic rings. The Balaban J connectivity index is 2.09. The summed E-state index contributed by atoms with van der Waals surface area (Å²) in [6.45, 7) is 7.17. The smallest absolute Gasteiger partial charge is 0.00463 e. The van der Waals surface area contributed by atoms with Crippen LogP contribution in [0.5, 0.6) is 0 Å². The fourth-order valence-electron chi connectivity index (χ4n) is 2.34. The minimum Gasteiger partial charge on any atom is -0.317 e. The van der Waals surface area contributed by atoms with Crippen molar-refractivity contribution in [3.63, 3.8) is 0 Å². The minimum absolute atomic E-state index is 0.995. The Labute approximate surface area is 83.3 Å². The van der Waals surface area contributed by atoms with E-state index in [0.29, 0.717) is 0 Å². The molecule has 1 heterocycles. The van der Waals surface area contributed by atoms with Crippen LogP contribution in [0.3, 0.4) is 0 Å². The number of nitrogens with one attached hydrogen (secondary N) is 1. The van der Waals surface area contributed by atoms with Crippen molar-refractivity contribution in [2.75, 3.05) is 13.1 Å². The fourth-order valence-corrected chi connectivity index (χ4v) is 2.34. The molecule has 0 bridgehead atoms. The van der Waals surface area contributed by atoms with Crippen LogP contribution < -0.4 is 5.32 Å². The first-order chi connectivity index (χ1) is 6.36. The molecule has 0 aliphatic carbocycles. The molecule has 0 unspecified atom stereocenters. The van der Waals surface area contributed by atoms with Crippen LogP contribution >= 0.6 is 0 Å². The SMILES string of the molecule is CCC(CC)CCC1CCNCC1. The first-order valence-corrected chi connectivity index (χ1v) is 6.07. The van der Waals surface area contributed by atoms with Crippen molar-refractivity contribution in [1.82, 2.24) is 5.32 Å². The van der Waals surface area contributed by atoms with Gasteiger partial charge in [0.2, 0.25) is 0 Å². The van der Waals surface area contributed by atoms with Crippen molar-refractivity contribution in [1.29, 1.82) is 0 Å². The fraction of sp³-hybridized carbons (Fsp3) is 1.00. The van der Waals surface area contributed by atoms with Crippen molar-refractivity contribution < 1.29 is 0 Å². The van der Waals surface area contributed by atoms with Gasteiger partial charge in [0.05, 0.1) is 0 Å². The standard InChI is InChI=1S/C12H25N/c1-3-11(4-2)5-6-12-7-9-13-10-8-12/h11-13H,3-10H2,1-2H3. The van der Waals surface area contributed by atoms with E-state index in [1.54, 1.807) is 0 Å². The summed E-state index contributed by atoms with van der Waals surface area (Å²) in [6, 6.07) is 0. The van der Waals surface area contributed by atoms with E-state index in [-0.39, 0.29) is 0 Å². The Morgan fingerprint density at radius 3 is 2.31 bits per heavy atom. The lowest BCUT2D eigenvalue weighted by Crippen LogP contribution is -2.27. The zero-order valence-electron chi connectivity index (χ0n) is 9.31. The molecule has 1 fully saturated rings. The summed E-state index contributed by atoms with van der Waals surface area (Å²) in [5.74, 6) is 2.02. The molecule has 0 radical (unpaired) electrons. The Hall–Kier alpha value is -0.0400. The molecule has 78 valence electrons. The van der Waals surface area contributed by atoms with Crippen LogP contribution in [0, 0.1) is 11.8 Å². The summed E-state index contributed by atoms with van der Waals surface area (Å²) in [7, 11) is 0. The third kappa shape index (κ3) is 4.12. The maximum atomic E-state index is 3.43. The monoisotopic (exact) mass is 183 g/mol. The van der Waals surface area contributed by atoms with E-state index in [4.69, 9.17) is 0 Å². The summed E-state index contributed by atoms with van der Waals surface area (Å²) < 4.78 is 0. The zero-order chi connectivity index (χ0) is 9.52. The Kier molecular flexibility index (Phi) is 5.45. The number of rotatable bonds is 5. The molecular formula is C12H25N. The van der Waals surface area contributed by atoms with Crippen LogP contribution in [-0.2, 0) is 0 Å². The van der Waals surface area contributed by atoms with Crippen molar-refractivity contribution >= 4 is 0 Å². The highest BCUT2D eigenvalue weighted by molar-refractivity contribution is 4.69. The van der Waals surface area contributed by atoms with Gasteiger partial charge in [-0.25, -0.2) is 0 Å². The van der Waals surface area contributed by atoms with Crippen molar-refractivity contribution in [3.05, 3.63) is 0 Å². The molecule has 1 rings (SSSR count). The van der Waals surface area contributed by atoms with E-state index in [1.807, 2.05) is 0 Å². The van der Waals surface area contributed by atoms with Crippen LogP contribution in [0.2, 0.25) is 0 Å². The van der Waals surface area contributed by atoms with Gasteiger partial charge >= 0.3 is 0 Å². The summed E-state index contributed by atoms with van der Waals surface area (Å²) in [4.78, 5) is 0. The van der Waals surface area contributed by atoms with Gasteiger partial charge in [-0.15, -0.1) is 0 Å². The van der Waals surface area contributed by atoms with E-state index < -0.39 is 0 Å². The summed E-state index contributed by atoms with van der Waals surface area (Å²) in [5.41, 5.74) is 0. The zero-order valence-corrected chi connectivity index (χ0v) is 9.31. The van der Waals surface area contributed by atoms with Gasteiger partial charge in [0, 0.05) is 0 Å². The number of hydrogen-bond acceptors (Lipinski definition) is 1. The average Bonchev–Trinajstić information content (AvgIpc) is 2.21. The van der Waals surface area contributed by atoms with Gasteiger partial charge in [0.15, 0.2) is 0 Å². The van der Waals surface area contributed by atoms with E-state index in [1.165, 1.54) is 51.6 Å². The highest BCUT2D eigenvalue weighted by Gasteiger charge is 2.14. The van der Waals surface area contributed by atoms with Gasteiger partial charge in [0.1, 0.15) is 0 Å². The molecule has 1 saturated heterocycles. The molecule has 1 N–H and O–H groups in total. The molecule has 0 spiro atoms. The second kappa shape index (κ2) is 6.42. The highest BCUT2D eigenvalue weighted by atomic mass is 14.9. The molecule has 1 aliphatic heterocycles. The van der Waals surface area contributed by atoms with Gasteiger partial charge in [-0.2, -0.15) is 0 Å². The molecule has 0 amide bonds. The normalized spacial score (nSPS) is 19.6. The second-order valence-corrected chi connectivity index (χ2v) is 4.45. The molecular weight excluding hydrogens is 158 g/mol. The number of piperidine rings is 1. The lowest BCUT2D eigenvalue weighted by molar-refractivity contribution is 0.313. The van der Waals surface area contributed by atoms with Crippen LogP contribution in [0.1, 0.15) is 52.4 Å². The van der Waals surface area contributed by atoms with Crippen LogP contribution in [0.25, 0.3) is 0 Å². The molecule has 0 saturated carbocycles. The third-order valence-electron chi connectivity index (χ3n) is 3.60. The van der Waals surface area contributed by atoms with Gasteiger partial charge in [-0.1, -0.05) is 39.5 Å². The van der Waals surface area contributed by atoms with Gasteiger partial charge in [-0.05, 0) is 37.8 Å². The molecule has 13 heavy (non-hydrogen) atoms. The van der Waals surface area contributed by atoms with Crippen LogP contribution in [-0.4, -0.2) is 13.1 Å². The Bertz CT molecular complexity index is 112. The van der Waals surface area contributed by atoms with Gasteiger partial charge in [0.25, 0.3) is 0 Å². The largest absolute Gasteiger partial charge is 0.317 e. The molecule has 1 heteroatoms. The summed E-state index contributed by atoms with van der Waals surface area (Å²) in [6.07, 6.45) is 8.54. The first kappa shape index (κ1) is 11.0. The molecule has 1 nitrogen and oxygen atoms in total. The molecule has 1 aliphatic rings. The van der Waals surface area contributed by atoms with Crippen LogP contribution in [0.15, 0.2) is 0 Å². The second-order valence-electron chi connectivity index (χ2n) is 4.45. The summed E-state index contributed by atoms with van der Waals surface area (Å²) >= 11 is 0. The first-order valence-electron chi connectivity index (χ1n) is 6.07. The quantitative estimate of drug-likeness (QED) is 0.690. The van der Waals surface area contributed by atoms with E-state index in [9.17, 15) is 0 Å². The Morgan fingerprint density at radius 2 is 1.77 bits per heavy atom. The molecule has 0 atom stereocenters. The highest BCUT2D eigenvalue weighted by Crippen LogP contribution is 2.23. The van der Waals surface area contributed by atoms with Crippen LogP contribution in [0.4, 0.5) is 0 Å². The number of hydrogen-bond donors (Lipinski definition) is 1. The maximum absolute atomic E-state index is 3.43. The van der Waals surface area contributed by atoms with Gasteiger partial charge in [-0.3, -0.25) is 0 Å². The van der Waals surface area contributed by atoms with Crippen molar-refractivity contribution in [2.45, 2.75) is 52.4 Å². The lowest BCUT2D eigenvalue weighted by Gasteiger charge is -2.24. The summed E-state index contributed by atoms with van der Waals surface area (Å²) in [5, 5.41) is 3.43. The van der Waals surface area contributed by atoms with E-state index in [0.717, 1.165) is 11.8 Å². The topological polar surface area (TPSA) is 12.0 Å². The Morgan fingerprint density at radius 1 is 1.15 bits per heavy atom.